The van der Waals surface area contributed by atoms with E-state index in [1.165, 1.54) is 0 Å². The van der Waals surface area contributed by atoms with Crippen molar-refractivity contribution in [2.75, 3.05) is 6.61 Å². The molecule has 3 unspecified atom stereocenters. The van der Waals surface area contributed by atoms with Crippen LogP contribution in [0.15, 0.2) is 0 Å². The van der Waals surface area contributed by atoms with Gasteiger partial charge in [0.05, 0.1) is 12.7 Å². The van der Waals surface area contributed by atoms with Crippen molar-refractivity contribution in [1.29, 1.82) is 0 Å². The molecule has 0 aromatic heterocycles. The van der Waals surface area contributed by atoms with Crippen LogP contribution in [0.4, 0.5) is 0 Å². The summed E-state index contributed by atoms with van der Waals surface area (Å²) in [5, 5.41) is 37.3. The molecule has 6 nitrogen and oxygen atoms in total. The van der Waals surface area contributed by atoms with Gasteiger partial charge in [-0.15, -0.1) is 0 Å². The quantitative estimate of drug-likeness (QED) is 0.450. The molecule has 0 bridgehead atoms. The van der Waals surface area contributed by atoms with E-state index in [-0.39, 0.29) is 6.10 Å². The maximum atomic E-state index is 9.53. The first-order valence-electron chi connectivity index (χ1n) is 4.93. The van der Waals surface area contributed by atoms with Gasteiger partial charge in [-0.3, -0.25) is 0 Å². The molecule has 0 spiro atoms. The molecule has 4 N–H and O–H groups in total. The molecular formula is C9H18O6. The van der Waals surface area contributed by atoms with Crippen LogP contribution in [0.5, 0.6) is 0 Å². The summed E-state index contributed by atoms with van der Waals surface area (Å²) in [6.07, 6.45) is -6.15. The number of aliphatic hydroxyl groups excluding tert-OH is 4. The standard InChI is InChI=1S/C9H18O6/c1-4(2)14-9-8(13)7(12)6(11)5(3-10)15-9/h4-13H,3H2,1-2H3/t5?,6-,7?,8?,9+/m0/s1. The zero-order valence-electron chi connectivity index (χ0n) is 8.78. The second-order valence-corrected chi connectivity index (χ2v) is 3.88. The number of aliphatic hydroxyl groups is 4. The van der Waals surface area contributed by atoms with Crippen LogP contribution in [0, 0.1) is 0 Å². The van der Waals surface area contributed by atoms with Crippen LogP contribution >= 0.6 is 0 Å². The summed E-state index contributed by atoms with van der Waals surface area (Å²) in [6, 6.07) is 0. The molecule has 0 saturated carbocycles. The number of rotatable bonds is 3. The Kier molecular flexibility index (Phi) is 4.45. The number of hydrogen-bond donors (Lipinski definition) is 4. The lowest BCUT2D eigenvalue weighted by atomic mass is 9.99. The second kappa shape index (κ2) is 5.20. The summed E-state index contributed by atoms with van der Waals surface area (Å²) in [5.74, 6) is 0. The first kappa shape index (κ1) is 12.8. The average Bonchev–Trinajstić information content (AvgIpc) is 2.18. The van der Waals surface area contributed by atoms with E-state index in [2.05, 4.69) is 0 Å². The van der Waals surface area contributed by atoms with Crippen LogP contribution < -0.4 is 0 Å². The minimum atomic E-state index is -1.38. The third-order valence-corrected chi connectivity index (χ3v) is 2.25. The van der Waals surface area contributed by atoms with E-state index in [0.717, 1.165) is 0 Å². The summed E-state index contributed by atoms with van der Waals surface area (Å²) in [7, 11) is 0. The Labute approximate surface area is 88.1 Å². The molecule has 6 heteroatoms. The third-order valence-electron chi connectivity index (χ3n) is 2.25. The van der Waals surface area contributed by atoms with Gasteiger partial charge in [-0.2, -0.15) is 0 Å². The summed E-state index contributed by atoms with van der Waals surface area (Å²) < 4.78 is 10.3. The second-order valence-electron chi connectivity index (χ2n) is 3.88. The van der Waals surface area contributed by atoms with Crippen molar-refractivity contribution < 1.29 is 29.9 Å². The Morgan fingerprint density at radius 1 is 1.13 bits per heavy atom. The predicted octanol–water partition coefficient (Wildman–Crippen LogP) is -1.79. The average molecular weight is 222 g/mol. The van der Waals surface area contributed by atoms with Gasteiger partial charge >= 0.3 is 0 Å². The summed E-state index contributed by atoms with van der Waals surface area (Å²) in [4.78, 5) is 0. The Balaban J connectivity index is 2.65. The van der Waals surface area contributed by atoms with E-state index in [4.69, 9.17) is 14.6 Å². The van der Waals surface area contributed by atoms with E-state index in [1.807, 2.05) is 0 Å². The van der Waals surface area contributed by atoms with Gasteiger partial charge in [0.15, 0.2) is 6.29 Å². The molecule has 0 aliphatic carbocycles. The summed E-state index contributed by atoms with van der Waals surface area (Å²) >= 11 is 0. The minimum Gasteiger partial charge on any atom is -0.394 e. The van der Waals surface area contributed by atoms with Crippen LogP contribution in [-0.4, -0.2) is 63.8 Å². The van der Waals surface area contributed by atoms with Crippen LogP contribution in [0.25, 0.3) is 0 Å². The Morgan fingerprint density at radius 2 is 1.73 bits per heavy atom. The first-order valence-corrected chi connectivity index (χ1v) is 4.93. The molecule has 1 saturated heterocycles. The highest BCUT2D eigenvalue weighted by Crippen LogP contribution is 2.22. The van der Waals surface area contributed by atoms with Gasteiger partial charge < -0.3 is 29.9 Å². The first-order chi connectivity index (χ1) is 6.97. The van der Waals surface area contributed by atoms with Gasteiger partial charge in [-0.25, -0.2) is 0 Å². The molecule has 0 aromatic carbocycles. The van der Waals surface area contributed by atoms with Crippen molar-refractivity contribution in [2.24, 2.45) is 0 Å². The molecule has 1 aliphatic rings. The molecule has 15 heavy (non-hydrogen) atoms. The van der Waals surface area contributed by atoms with Gasteiger partial charge in [0.1, 0.15) is 24.4 Å². The number of ether oxygens (including phenoxy) is 2. The van der Waals surface area contributed by atoms with Gasteiger partial charge in [-0.1, -0.05) is 0 Å². The van der Waals surface area contributed by atoms with E-state index in [9.17, 15) is 15.3 Å². The van der Waals surface area contributed by atoms with Crippen molar-refractivity contribution in [3.05, 3.63) is 0 Å². The molecule has 1 rings (SSSR count). The van der Waals surface area contributed by atoms with Gasteiger partial charge in [0, 0.05) is 0 Å². The van der Waals surface area contributed by atoms with Gasteiger partial charge in [0.25, 0.3) is 0 Å². The summed E-state index contributed by atoms with van der Waals surface area (Å²) in [5.41, 5.74) is 0. The van der Waals surface area contributed by atoms with E-state index in [0.29, 0.717) is 0 Å². The van der Waals surface area contributed by atoms with Crippen molar-refractivity contribution >= 4 is 0 Å². The molecule has 1 heterocycles. The van der Waals surface area contributed by atoms with Crippen molar-refractivity contribution in [2.45, 2.75) is 50.7 Å². The van der Waals surface area contributed by atoms with Crippen molar-refractivity contribution in [1.82, 2.24) is 0 Å². The topological polar surface area (TPSA) is 99.4 Å². The smallest absolute Gasteiger partial charge is 0.186 e. The monoisotopic (exact) mass is 222 g/mol. The van der Waals surface area contributed by atoms with E-state index in [1.54, 1.807) is 13.8 Å². The molecule has 5 atom stereocenters. The lowest BCUT2D eigenvalue weighted by Gasteiger charge is -2.40. The largest absolute Gasteiger partial charge is 0.394 e. The van der Waals surface area contributed by atoms with Gasteiger partial charge in [-0.05, 0) is 13.8 Å². The molecule has 0 radical (unpaired) electrons. The Morgan fingerprint density at radius 3 is 2.20 bits per heavy atom. The number of hydrogen-bond acceptors (Lipinski definition) is 6. The highest BCUT2D eigenvalue weighted by molar-refractivity contribution is 4.88. The predicted molar refractivity (Wildman–Crippen MR) is 50.0 cm³/mol. The fraction of sp³-hybridized carbons (Fsp3) is 1.00. The highest BCUT2D eigenvalue weighted by Gasteiger charge is 2.44. The Bertz CT molecular complexity index is 195. The van der Waals surface area contributed by atoms with Crippen LogP contribution in [0.1, 0.15) is 13.8 Å². The zero-order chi connectivity index (χ0) is 11.6. The Hall–Kier alpha value is -0.240. The molecule has 90 valence electrons. The molecule has 0 aromatic rings. The normalized spacial score (nSPS) is 42.2. The molecule has 0 amide bonds. The molecular weight excluding hydrogens is 204 g/mol. The van der Waals surface area contributed by atoms with Crippen molar-refractivity contribution in [3.8, 4) is 0 Å². The molecule has 1 aliphatic heterocycles. The fourth-order valence-corrected chi connectivity index (χ4v) is 1.45. The highest BCUT2D eigenvalue weighted by atomic mass is 16.7. The zero-order valence-corrected chi connectivity index (χ0v) is 8.78. The van der Waals surface area contributed by atoms with Gasteiger partial charge in [0.2, 0.25) is 0 Å². The van der Waals surface area contributed by atoms with Crippen LogP contribution in [0.3, 0.4) is 0 Å². The minimum absolute atomic E-state index is 0.188. The van der Waals surface area contributed by atoms with E-state index < -0.39 is 37.3 Å². The van der Waals surface area contributed by atoms with E-state index >= 15 is 0 Å². The maximum absolute atomic E-state index is 9.53. The lowest BCUT2D eigenvalue weighted by Crippen LogP contribution is -2.59. The van der Waals surface area contributed by atoms with Crippen LogP contribution in [-0.2, 0) is 9.47 Å². The maximum Gasteiger partial charge on any atom is 0.186 e. The van der Waals surface area contributed by atoms with Crippen molar-refractivity contribution in [3.63, 3.8) is 0 Å². The van der Waals surface area contributed by atoms with Crippen LogP contribution in [0.2, 0.25) is 0 Å². The lowest BCUT2D eigenvalue weighted by molar-refractivity contribution is -0.308. The summed E-state index contributed by atoms with van der Waals surface area (Å²) in [6.45, 7) is 3.06. The fourth-order valence-electron chi connectivity index (χ4n) is 1.45. The SMILES string of the molecule is CC(C)O[C@@H]1OC(CO)[C@H](O)C(O)C1O. The third kappa shape index (κ3) is 2.87. The molecule has 1 fully saturated rings.